The van der Waals surface area contributed by atoms with Crippen LogP contribution in [0.3, 0.4) is 0 Å². The average molecular weight is 463 g/mol. The highest BCUT2D eigenvalue weighted by Gasteiger charge is 2.15. The molecule has 0 saturated carbocycles. The SMILES string of the molecule is CN=C(NCCc1ccc(C(=O)OC)cc1)NCC1CCCS1.I. The van der Waals surface area contributed by atoms with Crippen LogP contribution in [0.1, 0.15) is 28.8 Å². The van der Waals surface area contributed by atoms with Gasteiger partial charge in [-0.3, -0.25) is 4.99 Å². The van der Waals surface area contributed by atoms with Crippen molar-refractivity contribution in [3.8, 4) is 0 Å². The number of nitrogens with zero attached hydrogens (tertiary/aromatic N) is 1. The Morgan fingerprint density at radius 3 is 2.67 bits per heavy atom. The molecule has 0 radical (unpaired) electrons. The lowest BCUT2D eigenvalue weighted by atomic mass is 10.1. The number of hydrogen-bond acceptors (Lipinski definition) is 4. The molecule has 2 rings (SSSR count). The first-order valence-electron chi connectivity index (χ1n) is 7.96. The van der Waals surface area contributed by atoms with Gasteiger partial charge in [-0.15, -0.1) is 24.0 Å². The molecule has 0 aromatic heterocycles. The molecule has 1 unspecified atom stereocenters. The zero-order valence-electron chi connectivity index (χ0n) is 14.2. The van der Waals surface area contributed by atoms with Crippen molar-refractivity contribution < 1.29 is 9.53 Å². The summed E-state index contributed by atoms with van der Waals surface area (Å²) in [4.78, 5) is 15.6. The van der Waals surface area contributed by atoms with Crippen LogP contribution >= 0.6 is 35.7 Å². The monoisotopic (exact) mass is 463 g/mol. The third-order valence-corrected chi connectivity index (χ3v) is 5.22. The Balaban J connectivity index is 0.00000288. The molecule has 0 spiro atoms. The molecule has 0 aliphatic carbocycles. The average Bonchev–Trinajstić information content (AvgIpc) is 3.11. The van der Waals surface area contributed by atoms with Gasteiger partial charge in [0.25, 0.3) is 0 Å². The number of halogens is 1. The van der Waals surface area contributed by atoms with E-state index in [0.29, 0.717) is 10.8 Å². The predicted octanol–water partition coefficient (Wildman–Crippen LogP) is 2.69. The predicted molar refractivity (Wildman–Crippen MR) is 112 cm³/mol. The summed E-state index contributed by atoms with van der Waals surface area (Å²) in [6.07, 6.45) is 3.49. The largest absolute Gasteiger partial charge is 0.465 e. The van der Waals surface area contributed by atoms with Gasteiger partial charge in [-0.1, -0.05) is 12.1 Å². The number of thioether (sulfide) groups is 1. The van der Waals surface area contributed by atoms with Crippen LogP contribution in [0.4, 0.5) is 0 Å². The van der Waals surface area contributed by atoms with Gasteiger partial charge in [0.05, 0.1) is 12.7 Å². The molecular formula is C17H26IN3O2S. The zero-order chi connectivity index (χ0) is 16.5. The van der Waals surface area contributed by atoms with Crippen molar-refractivity contribution in [3.63, 3.8) is 0 Å². The number of hydrogen-bond donors (Lipinski definition) is 2. The lowest BCUT2D eigenvalue weighted by Gasteiger charge is -2.14. The molecule has 1 saturated heterocycles. The molecule has 1 heterocycles. The fourth-order valence-corrected chi connectivity index (χ4v) is 3.69. The van der Waals surface area contributed by atoms with Crippen LogP contribution in [0, 0.1) is 0 Å². The van der Waals surface area contributed by atoms with E-state index in [2.05, 4.69) is 15.6 Å². The maximum absolute atomic E-state index is 11.4. The molecule has 1 aliphatic heterocycles. The summed E-state index contributed by atoms with van der Waals surface area (Å²) in [6.45, 7) is 1.77. The van der Waals surface area contributed by atoms with Crippen LogP contribution < -0.4 is 10.6 Å². The molecule has 0 bridgehead atoms. The lowest BCUT2D eigenvalue weighted by molar-refractivity contribution is 0.0600. The maximum Gasteiger partial charge on any atom is 0.337 e. The van der Waals surface area contributed by atoms with Crippen LogP contribution in [0.25, 0.3) is 0 Å². The van der Waals surface area contributed by atoms with Gasteiger partial charge < -0.3 is 15.4 Å². The van der Waals surface area contributed by atoms with Crippen molar-refractivity contribution in [1.29, 1.82) is 0 Å². The number of ether oxygens (including phenoxy) is 1. The van der Waals surface area contributed by atoms with Crippen molar-refractivity contribution in [2.45, 2.75) is 24.5 Å². The molecule has 1 aromatic rings. The summed E-state index contributed by atoms with van der Waals surface area (Å²) in [7, 11) is 3.19. The summed E-state index contributed by atoms with van der Waals surface area (Å²) in [5.41, 5.74) is 1.75. The fraction of sp³-hybridized carbons (Fsp3) is 0.529. The summed E-state index contributed by atoms with van der Waals surface area (Å²) < 4.78 is 4.70. The van der Waals surface area contributed by atoms with Gasteiger partial charge in [0.1, 0.15) is 0 Å². The summed E-state index contributed by atoms with van der Waals surface area (Å²) in [6, 6.07) is 7.51. The van der Waals surface area contributed by atoms with Gasteiger partial charge in [0, 0.05) is 25.4 Å². The molecule has 1 fully saturated rings. The molecule has 1 aliphatic rings. The first-order chi connectivity index (χ1) is 11.2. The van der Waals surface area contributed by atoms with Gasteiger partial charge >= 0.3 is 5.97 Å². The van der Waals surface area contributed by atoms with Crippen LogP contribution in [0.5, 0.6) is 0 Å². The summed E-state index contributed by atoms with van der Waals surface area (Å²) in [5.74, 6) is 1.83. The number of nitrogens with one attached hydrogen (secondary N) is 2. The van der Waals surface area contributed by atoms with E-state index in [9.17, 15) is 4.79 Å². The smallest absolute Gasteiger partial charge is 0.337 e. The van der Waals surface area contributed by atoms with Crippen molar-refractivity contribution >= 4 is 47.7 Å². The number of esters is 1. The fourth-order valence-electron chi connectivity index (χ4n) is 2.49. The quantitative estimate of drug-likeness (QED) is 0.294. The topological polar surface area (TPSA) is 62.7 Å². The molecular weight excluding hydrogens is 437 g/mol. The van der Waals surface area contributed by atoms with Gasteiger partial charge in [-0.25, -0.2) is 4.79 Å². The van der Waals surface area contributed by atoms with E-state index in [1.807, 2.05) is 23.9 Å². The molecule has 2 N–H and O–H groups in total. The summed E-state index contributed by atoms with van der Waals surface area (Å²) in [5, 5.41) is 7.42. The Bertz CT molecular complexity index is 531. The molecule has 24 heavy (non-hydrogen) atoms. The van der Waals surface area contributed by atoms with Crippen LogP contribution in [-0.2, 0) is 11.2 Å². The molecule has 1 aromatic carbocycles. The molecule has 1 atom stereocenters. The van der Waals surface area contributed by atoms with E-state index in [4.69, 9.17) is 4.74 Å². The third kappa shape index (κ3) is 6.88. The second-order valence-electron chi connectivity index (χ2n) is 5.45. The minimum Gasteiger partial charge on any atom is -0.465 e. The Hall–Kier alpha value is -0.960. The highest BCUT2D eigenvalue weighted by molar-refractivity contribution is 14.0. The van der Waals surface area contributed by atoms with Crippen LogP contribution in [0.2, 0.25) is 0 Å². The Morgan fingerprint density at radius 1 is 1.33 bits per heavy atom. The number of carbonyl (C=O) groups excluding carboxylic acids is 1. The van der Waals surface area contributed by atoms with Gasteiger partial charge in [0.15, 0.2) is 5.96 Å². The van der Waals surface area contributed by atoms with E-state index in [1.165, 1.54) is 31.3 Å². The van der Waals surface area contributed by atoms with E-state index in [0.717, 1.165) is 25.5 Å². The lowest BCUT2D eigenvalue weighted by Crippen LogP contribution is -2.40. The highest BCUT2D eigenvalue weighted by atomic mass is 127. The van der Waals surface area contributed by atoms with E-state index < -0.39 is 0 Å². The highest BCUT2D eigenvalue weighted by Crippen LogP contribution is 2.25. The Kier molecular flexibility index (Phi) is 10.2. The van der Waals surface area contributed by atoms with Gasteiger partial charge in [-0.05, 0) is 42.7 Å². The molecule has 134 valence electrons. The number of carbonyl (C=O) groups is 1. The number of guanidine groups is 1. The number of benzene rings is 1. The van der Waals surface area contributed by atoms with Crippen LogP contribution in [-0.4, -0.2) is 50.2 Å². The minimum atomic E-state index is -0.302. The normalized spacial score (nSPS) is 17.1. The van der Waals surface area contributed by atoms with E-state index in [-0.39, 0.29) is 29.9 Å². The van der Waals surface area contributed by atoms with Crippen molar-refractivity contribution in [3.05, 3.63) is 35.4 Å². The van der Waals surface area contributed by atoms with Crippen molar-refractivity contribution in [2.75, 3.05) is 33.0 Å². The van der Waals surface area contributed by atoms with Gasteiger partial charge in [0.2, 0.25) is 0 Å². The van der Waals surface area contributed by atoms with Crippen LogP contribution in [0.15, 0.2) is 29.3 Å². The Morgan fingerprint density at radius 2 is 2.08 bits per heavy atom. The second kappa shape index (κ2) is 11.6. The van der Waals surface area contributed by atoms with Crippen molar-refractivity contribution in [2.24, 2.45) is 4.99 Å². The van der Waals surface area contributed by atoms with E-state index >= 15 is 0 Å². The first-order valence-corrected chi connectivity index (χ1v) is 9.01. The third-order valence-electron chi connectivity index (χ3n) is 3.83. The van der Waals surface area contributed by atoms with Crippen molar-refractivity contribution in [1.82, 2.24) is 10.6 Å². The molecule has 5 nitrogen and oxygen atoms in total. The summed E-state index contributed by atoms with van der Waals surface area (Å²) >= 11 is 2.04. The van der Waals surface area contributed by atoms with E-state index in [1.54, 1.807) is 19.2 Å². The Labute approximate surface area is 165 Å². The second-order valence-corrected chi connectivity index (χ2v) is 6.86. The number of rotatable bonds is 6. The standard InChI is InChI=1S/C17H25N3O2S.HI/c1-18-17(20-12-15-4-3-11-23-15)19-10-9-13-5-7-14(8-6-13)16(21)22-2;/h5-8,15H,3-4,9-12H2,1-2H3,(H2,18,19,20);1H. The first kappa shape index (κ1) is 21.1. The molecule has 0 amide bonds. The number of methoxy groups -OCH3 is 1. The zero-order valence-corrected chi connectivity index (χ0v) is 17.4. The maximum atomic E-state index is 11.4. The van der Waals surface area contributed by atoms with Gasteiger partial charge in [-0.2, -0.15) is 11.8 Å². The number of aliphatic imine (C=N–C) groups is 1. The minimum absolute atomic E-state index is 0. The molecule has 7 heteroatoms.